The van der Waals surface area contributed by atoms with Crippen molar-refractivity contribution < 1.29 is 0 Å². The van der Waals surface area contributed by atoms with Gasteiger partial charge in [-0.2, -0.15) is 5.26 Å². The summed E-state index contributed by atoms with van der Waals surface area (Å²) in [5.41, 5.74) is 3.90. The Morgan fingerprint density at radius 1 is 1.12 bits per heavy atom. The zero-order valence-corrected chi connectivity index (χ0v) is 13.0. The highest BCUT2D eigenvalue weighted by atomic mass is 15.1. The van der Waals surface area contributed by atoms with Gasteiger partial charge in [0.15, 0.2) is 0 Å². The van der Waals surface area contributed by atoms with Gasteiger partial charge in [-0.15, -0.1) is 0 Å². The maximum absolute atomic E-state index is 8.93. The summed E-state index contributed by atoms with van der Waals surface area (Å²) in [4.78, 5) is 12.3. The maximum Gasteiger partial charge on any atom is 0.144 e. The van der Waals surface area contributed by atoms with E-state index in [9.17, 15) is 0 Å². The summed E-state index contributed by atoms with van der Waals surface area (Å²) in [7, 11) is 0. The van der Waals surface area contributed by atoms with Crippen LogP contribution in [0.2, 0.25) is 0 Å². The van der Waals surface area contributed by atoms with E-state index in [1.165, 1.54) is 0 Å². The number of fused-ring (bicyclic) bond motifs is 1. The van der Waals surface area contributed by atoms with E-state index in [2.05, 4.69) is 21.4 Å². The minimum atomic E-state index is 0.627. The summed E-state index contributed by atoms with van der Waals surface area (Å²) >= 11 is 0. The van der Waals surface area contributed by atoms with E-state index in [4.69, 9.17) is 10.2 Å². The summed E-state index contributed by atoms with van der Waals surface area (Å²) in [6.07, 6.45) is 3.80. The minimum Gasteiger partial charge on any atom is -0.348 e. The molecule has 0 aliphatic rings. The Morgan fingerprint density at radius 2 is 1.96 bits per heavy atom. The van der Waals surface area contributed by atoms with Crippen molar-refractivity contribution in [1.82, 2.24) is 19.4 Å². The maximum atomic E-state index is 8.93. The van der Waals surface area contributed by atoms with Crippen LogP contribution in [-0.4, -0.2) is 19.4 Å². The number of anilines is 2. The molecule has 0 bridgehead atoms. The van der Waals surface area contributed by atoms with Crippen molar-refractivity contribution in [2.75, 3.05) is 5.32 Å². The lowest BCUT2D eigenvalue weighted by molar-refractivity contribution is 1.15. The number of nitriles is 1. The highest BCUT2D eigenvalue weighted by Crippen LogP contribution is 2.30. The standard InChI is InChI=1S/C18H14N6/c1-12-20-11-15(21-12)17-18(24-9-3-2-4-16(24)23-17)22-14-7-5-13(10-19)6-8-14/h2-9,11,22H,1H3,(H,20,21). The van der Waals surface area contributed by atoms with E-state index in [1.807, 2.05) is 54.0 Å². The van der Waals surface area contributed by atoms with Crippen LogP contribution in [0.25, 0.3) is 17.0 Å². The number of H-pyrrole nitrogens is 1. The first-order chi connectivity index (χ1) is 11.7. The molecule has 4 rings (SSSR count). The van der Waals surface area contributed by atoms with Gasteiger partial charge >= 0.3 is 0 Å². The van der Waals surface area contributed by atoms with Crippen LogP contribution in [0.15, 0.2) is 54.9 Å². The first-order valence-corrected chi connectivity index (χ1v) is 7.51. The van der Waals surface area contributed by atoms with Crippen LogP contribution >= 0.6 is 0 Å². The summed E-state index contributed by atoms with van der Waals surface area (Å²) < 4.78 is 1.98. The normalized spacial score (nSPS) is 10.7. The Balaban J connectivity index is 1.84. The molecule has 24 heavy (non-hydrogen) atoms. The Morgan fingerprint density at radius 3 is 2.67 bits per heavy atom. The first kappa shape index (κ1) is 14.0. The number of aromatic amines is 1. The van der Waals surface area contributed by atoms with Crippen LogP contribution in [0.4, 0.5) is 11.5 Å². The average Bonchev–Trinajstić information content (AvgIpc) is 3.20. The van der Waals surface area contributed by atoms with E-state index in [0.29, 0.717) is 5.56 Å². The third kappa shape index (κ3) is 2.38. The number of rotatable bonds is 3. The Kier molecular flexibility index (Phi) is 3.25. The average molecular weight is 314 g/mol. The monoisotopic (exact) mass is 314 g/mol. The predicted molar refractivity (Wildman–Crippen MR) is 92.0 cm³/mol. The molecule has 0 fully saturated rings. The first-order valence-electron chi connectivity index (χ1n) is 7.51. The highest BCUT2D eigenvalue weighted by Gasteiger charge is 2.16. The van der Waals surface area contributed by atoms with Gasteiger partial charge in [0.2, 0.25) is 0 Å². The van der Waals surface area contributed by atoms with Crippen molar-refractivity contribution in [2.45, 2.75) is 6.92 Å². The predicted octanol–water partition coefficient (Wildman–Crippen LogP) is 3.65. The van der Waals surface area contributed by atoms with Crippen LogP contribution in [-0.2, 0) is 0 Å². The van der Waals surface area contributed by atoms with Crippen LogP contribution in [0.3, 0.4) is 0 Å². The second-order valence-corrected chi connectivity index (χ2v) is 5.42. The lowest BCUT2D eigenvalue weighted by atomic mass is 10.2. The van der Waals surface area contributed by atoms with Gasteiger partial charge in [0.1, 0.15) is 28.7 Å². The van der Waals surface area contributed by atoms with Crippen LogP contribution in [0, 0.1) is 18.3 Å². The summed E-state index contributed by atoms with van der Waals surface area (Å²) in [5, 5.41) is 12.3. The quantitative estimate of drug-likeness (QED) is 0.605. The SMILES string of the molecule is Cc1nc(-c2nc3ccccn3c2Nc2ccc(C#N)cc2)c[nH]1. The van der Waals surface area contributed by atoms with Crippen molar-refractivity contribution in [1.29, 1.82) is 5.26 Å². The molecule has 6 heteroatoms. The number of nitrogens with zero attached hydrogens (tertiary/aromatic N) is 4. The van der Waals surface area contributed by atoms with Gasteiger partial charge in [0.05, 0.1) is 11.6 Å². The zero-order chi connectivity index (χ0) is 16.5. The number of benzene rings is 1. The third-order valence-electron chi connectivity index (χ3n) is 3.76. The molecule has 1 aromatic carbocycles. The van der Waals surface area contributed by atoms with Crippen LogP contribution in [0.5, 0.6) is 0 Å². The lowest BCUT2D eigenvalue weighted by Crippen LogP contribution is -1.97. The summed E-state index contributed by atoms with van der Waals surface area (Å²) in [6.45, 7) is 1.91. The second kappa shape index (κ2) is 5.56. The molecule has 3 heterocycles. The van der Waals surface area contributed by atoms with Crippen molar-refractivity contribution in [3.8, 4) is 17.5 Å². The fourth-order valence-electron chi connectivity index (χ4n) is 2.60. The van der Waals surface area contributed by atoms with E-state index < -0.39 is 0 Å². The number of hydrogen-bond donors (Lipinski definition) is 2. The zero-order valence-electron chi connectivity index (χ0n) is 13.0. The fraction of sp³-hybridized carbons (Fsp3) is 0.0556. The fourth-order valence-corrected chi connectivity index (χ4v) is 2.60. The number of nitrogens with one attached hydrogen (secondary N) is 2. The van der Waals surface area contributed by atoms with Crippen LogP contribution in [0.1, 0.15) is 11.4 Å². The Hall–Kier alpha value is -3.59. The van der Waals surface area contributed by atoms with E-state index >= 15 is 0 Å². The lowest BCUT2D eigenvalue weighted by Gasteiger charge is -2.08. The molecule has 0 atom stereocenters. The van der Waals surface area contributed by atoms with Crippen molar-refractivity contribution in [3.05, 3.63) is 66.2 Å². The third-order valence-corrected chi connectivity index (χ3v) is 3.76. The van der Waals surface area contributed by atoms with Crippen molar-refractivity contribution in [3.63, 3.8) is 0 Å². The van der Waals surface area contributed by atoms with Gasteiger partial charge in [0.25, 0.3) is 0 Å². The number of hydrogen-bond acceptors (Lipinski definition) is 4. The Labute approximate surface area is 138 Å². The molecule has 6 nitrogen and oxygen atoms in total. The minimum absolute atomic E-state index is 0.627. The molecule has 2 N–H and O–H groups in total. The molecule has 0 spiro atoms. The van der Waals surface area contributed by atoms with Gasteiger partial charge in [-0.05, 0) is 43.3 Å². The molecular weight excluding hydrogens is 300 g/mol. The molecule has 0 radical (unpaired) electrons. The van der Waals surface area contributed by atoms with E-state index in [0.717, 1.165) is 34.4 Å². The number of imidazole rings is 2. The Bertz CT molecular complexity index is 1050. The molecule has 3 aromatic heterocycles. The topological polar surface area (TPSA) is 81.8 Å². The largest absolute Gasteiger partial charge is 0.348 e. The van der Waals surface area contributed by atoms with Gasteiger partial charge in [-0.25, -0.2) is 9.97 Å². The molecule has 0 aliphatic heterocycles. The van der Waals surface area contributed by atoms with Gasteiger partial charge in [-0.3, -0.25) is 4.40 Å². The van der Waals surface area contributed by atoms with Gasteiger partial charge < -0.3 is 10.3 Å². The second-order valence-electron chi connectivity index (χ2n) is 5.42. The number of aryl methyl sites for hydroxylation is 1. The molecule has 4 aromatic rings. The van der Waals surface area contributed by atoms with Crippen molar-refractivity contribution >= 4 is 17.2 Å². The molecule has 0 saturated heterocycles. The molecule has 0 saturated carbocycles. The van der Waals surface area contributed by atoms with E-state index in [1.54, 1.807) is 12.1 Å². The summed E-state index contributed by atoms with van der Waals surface area (Å²) in [6, 6.07) is 15.3. The number of pyridine rings is 1. The number of aromatic nitrogens is 4. The van der Waals surface area contributed by atoms with Gasteiger partial charge in [-0.1, -0.05) is 6.07 Å². The molecule has 116 valence electrons. The van der Waals surface area contributed by atoms with Crippen molar-refractivity contribution in [2.24, 2.45) is 0 Å². The summed E-state index contributed by atoms with van der Waals surface area (Å²) in [5.74, 6) is 1.67. The molecular formula is C18H14N6. The van der Waals surface area contributed by atoms with E-state index in [-0.39, 0.29) is 0 Å². The highest BCUT2D eigenvalue weighted by molar-refractivity contribution is 5.77. The smallest absolute Gasteiger partial charge is 0.144 e. The molecule has 0 aliphatic carbocycles. The molecule has 0 unspecified atom stereocenters. The van der Waals surface area contributed by atoms with Crippen LogP contribution < -0.4 is 5.32 Å². The molecule has 0 amide bonds. The van der Waals surface area contributed by atoms with Gasteiger partial charge in [0, 0.05) is 18.1 Å².